The number of anilines is 1. The summed E-state index contributed by atoms with van der Waals surface area (Å²) in [5.41, 5.74) is 3.73. The zero-order valence-corrected chi connectivity index (χ0v) is 15.8. The van der Waals surface area contributed by atoms with E-state index in [1.165, 1.54) is 17.3 Å². The minimum atomic E-state index is -0.488. The molecule has 1 N–H and O–H groups in total. The molecule has 0 saturated heterocycles. The molecule has 0 atom stereocenters. The number of carbonyl (C=O) groups is 1. The SMILES string of the molecule is COc1ccc(C2(c3ccc(NC(=O)c4cncc(F)c4C)cc3)CC2)cc1. The maximum atomic E-state index is 13.6. The first-order chi connectivity index (χ1) is 13.5. The second-order valence-electron chi connectivity index (χ2n) is 7.14. The molecular formula is C23H21FN2O2. The summed E-state index contributed by atoms with van der Waals surface area (Å²) in [5.74, 6) is -0.00792. The number of nitrogens with zero attached hydrogens (tertiary/aromatic N) is 1. The molecule has 2 aromatic carbocycles. The van der Waals surface area contributed by atoms with Gasteiger partial charge in [0.05, 0.1) is 18.9 Å². The van der Waals surface area contributed by atoms with Crippen molar-refractivity contribution < 1.29 is 13.9 Å². The van der Waals surface area contributed by atoms with E-state index in [9.17, 15) is 9.18 Å². The predicted octanol–water partition coefficient (Wildman–Crippen LogP) is 4.87. The zero-order valence-electron chi connectivity index (χ0n) is 15.8. The lowest BCUT2D eigenvalue weighted by Crippen LogP contribution is -2.15. The van der Waals surface area contributed by atoms with E-state index in [1.807, 2.05) is 36.4 Å². The average Bonchev–Trinajstić information content (AvgIpc) is 3.52. The van der Waals surface area contributed by atoms with Crippen molar-refractivity contribution in [2.45, 2.75) is 25.2 Å². The Morgan fingerprint density at radius 3 is 2.21 bits per heavy atom. The van der Waals surface area contributed by atoms with Crippen LogP contribution < -0.4 is 10.1 Å². The van der Waals surface area contributed by atoms with Crippen molar-refractivity contribution in [1.29, 1.82) is 0 Å². The highest BCUT2D eigenvalue weighted by Crippen LogP contribution is 2.53. The number of benzene rings is 2. The highest BCUT2D eigenvalue weighted by Gasteiger charge is 2.45. The lowest BCUT2D eigenvalue weighted by molar-refractivity contribution is 0.102. The van der Waals surface area contributed by atoms with Gasteiger partial charge in [-0.1, -0.05) is 24.3 Å². The molecule has 0 bridgehead atoms. The Balaban J connectivity index is 1.52. The normalized spacial score (nSPS) is 14.4. The first kappa shape index (κ1) is 18.2. The highest BCUT2D eigenvalue weighted by atomic mass is 19.1. The van der Waals surface area contributed by atoms with Crippen molar-refractivity contribution in [3.63, 3.8) is 0 Å². The molecule has 1 aliphatic carbocycles. The minimum absolute atomic E-state index is 0.0396. The monoisotopic (exact) mass is 376 g/mol. The summed E-state index contributed by atoms with van der Waals surface area (Å²) < 4.78 is 18.9. The molecule has 1 aliphatic rings. The number of hydrogen-bond acceptors (Lipinski definition) is 3. The van der Waals surface area contributed by atoms with Gasteiger partial charge in [-0.25, -0.2) is 4.39 Å². The number of amides is 1. The van der Waals surface area contributed by atoms with E-state index in [2.05, 4.69) is 22.4 Å². The van der Waals surface area contributed by atoms with E-state index >= 15 is 0 Å². The van der Waals surface area contributed by atoms with Crippen LogP contribution in [0.5, 0.6) is 5.75 Å². The Hall–Kier alpha value is -3.21. The number of rotatable bonds is 5. The Morgan fingerprint density at radius 1 is 1.04 bits per heavy atom. The first-order valence-electron chi connectivity index (χ1n) is 9.20. The fourth-order valence-corrected chi connectivity index (χ4v) is 3.58. The summed E-state index contributed by atoms with van der Waals surface area (Å²) in [7, 11) is 1.66. The van der Waals surface area contributed by atoms with Gasteiger partial charge in [0.15, 0.2) is 0 Å². The van der Waals surface area contributed by atoms with Crippen LogP contribution in [-0.2, 0) is 5.41 Å². The summed E-state index contributed by atoms with van der Waals surface area (Å²) in [4.78, 5) is 16.2. The van der Waals surface area contributed by atoms with Crippen LogP contribution in [0.15, 0.2) is 60.9 Å². The van der Waals surface area contributed by atoms with Crippen LogP contribution in [0.2, 0.25) is 0 Å². The Kier molecular flexibility index (Phi) is 4.59. The smallest absolute Gasteiger partial charge is 0.257 e. The highest BCUT2D eigenvalue weighted by molar-refractivity contribution is 6.05. The van der Waals surface area contributed by atoms with Crippen molar-refractivity contribution in [3.05, 3.63) is 89.0 Å². The molecule has 3 aromatic rings. The van der Waals surface area contributed by atoms with E-state index in [4.69, 9.17) is 4.74 Å². The molecule has 4 rings (SSSR count). The standard InChI is InChI=1S/C23H21FN2O2/c1-15-20(13-25-14-21(15)24)22(27)26-18-7-3-16(4-8-18)23(11-12-23)17-5-9-19(28-2)10-6-17/h3-10,13-14H,11-12H2,1-2H3,(H,26,27). The molecule has 1 aromatic heterocycles. The van der Waals surface area contributed by atoms with Crippen LogP contribution in [0.1, 0.15) is 39.9 Å². The predicted molar refractivity (Wildman–Crippen MR) is 106 cm³/mol. The van der Waals surface area contributed by atoms with E-state index in [-0.39, 0.29) is 16.9 Å². The van der Waals surface area contributed by atoms with Crippen LogP contribution in [0.3, 0.4) is 0 Å². The maximum Gasteiger partial charge on any atom is 0.257 e. The van der Waals surface area contributed by atoms with Crippen LogP contribution in [0, 0.1) is 12.7 Å². The molecule has 0 radical (unpaired) electrons. The van der Waals surface area contributed by atoms with Crippen molar-refractivity contribution in [3.8, 4) is 5.75 Å². The lowest BCUT2D eigenvalue weighted by Gasteiger charge is -2.17. The lowest BCUT2D eigenvalue weighted by atomic mass is 9.88. The van der Waals surface area contributed by atoms with Gasteiger partial charge in [0.1, 0.15) is 11.6 Å². The molecule has 0 spiro atoms. The van der Waals surface area contributed by atoms with Crippen LogP contribution in [-0.4, -0.2) is 18.0 Å². The number of ether oxygens (including phenoxy) is 1. The van der Waals surface area contributed by atoms with Gasteiger partial charge >= 0.3 is 0 Å². The van der Waals surface area contributed by atoms with Gasteiger partial charge in [-0.05, 0) is 55.2 Å². The average molecular weight is 376 g/mol. The van der Waals surface area contributed by atoms with Gasteiger partial charge in [-0.3, -0.25) is 9.78 Å². The van der Waals surface area contributed by atoms with Crippen LogP contribution in [0.4, 0.5) is 10.1 Å². The van der Waals surface area contributed by atoms with Gasteiger partial charge in [0.25, 0.3) is 5.91 Å². The van der Waals surface area contributed by atoms with Crippen molar-refractivity contribution in [2.75, 3.05) is 12.4 Å². The van der Waals surface area contributed by atoms with E-state index in [0.29, 0.717) is 11.3 Å². The Bertz CT molecular complexity index is 1010. The molecule has 0 aliphatic heterocycles. The molecule has 1 saturated carbocycles. The quantitative estimate of drug-likeness (QED) is 0.691. The number of halogens is 1. The van der Waals surface area contributed by atoms with Gasteiger partial charge in [0, 0.05) is 22.9 Å². The summed E-state index contributed by atoms with van der Waals surface area (Å²) in [5, 5.41) is 2.82. The molecule has 1 heterocycles. The number of pyridine rings is 1. The van der Waals surface area contributed by atoms with E-state index < -0.39 is 5.82 Å². The second-order valence-corrected chi connectivity index (χ2v) is 7.14. The zero-order chi connectivity index (χ0) is 19.7. The number of carbonyl (C=O) groups excluding carboxylic acids is 1. The van der Waals surface area contributed by atoms with Crippen LogP contribution >= 0.6 is 0 Å². The van der Waals surface area contributed by atoms with E-state index in [1.54, 1.807) is 14.0 Å². The fraction of sp³-hybridized carbons (Fsp3) is 0.217. The summed E-state index contributed by atoms with van der Waals surface area (Å²) in [6.07, 6.45) is 4.68. The van der Waals surface area contributed by atoms with Gasteiger partial charge in [0.2, 0.25) is 0 Å². The number of hydrogen-bond donors (Lipinski definition) is 1. The second kappa shape index (κ2) is 7.08. The third-order valence-electron chi connectivity index (χ3n) is 5.49. The number of aromatic nitrogens is 1. The minimum Gasteiger partial charge on any atom is -0.497 e. The molecule has 0 unspecified atom stereocenters. The third kappa shape index (κ3) is 3.24. The van der Waals surface area contributed by atoms with Gasteiger partial charge in [-0.15, -0.1) is 0 Å². The Morgan fingerprint density at radius 2 is 1.64 bits per heavy atom. The van der Waals surface area contributed by atoms with Crippen LogP contribution in [0.25, 0.3) is 0 Å². The molecular weight excluding hydrogens is 355 g/mol. The first-order valence-corrected chi connectivity index (χ1v) is 9.20. The van der Waals surface area contributed by atoms with Gasteiger partial charge in [-0.2, -0.15) is 0 Å². The molecule has 142 valence electrons. The topological polar surface area (TPSA) is 51.2 Å². The largest absolute Gasteiger partial charge is 0.497 e. The van der Waals surface area contributed by atoms with Gasteiger partial charge < -0.3 is 10.1 Å². The maximum absolute atomic E-state index is 13.6. The summed E-state index contributed by atoms with van der Waals surface area (Å²) in [6.45, 7) is 1.57. The van der Waals surface area contributed by atoms with Crippen molar-refractivity contribution in [1.82, 2.24) is 4.98 Å². The van der Waals surface area contributed by atoms with Crippen molar-refractivity contribution >= 4 is 11.6 Å². The Labute approximate surface area is 163 Å². The number of methoxy groups -OCH3 is 1. The molecule has 1 amide bonds. The summed E-state index contributed by atoms with van der Waals surface area (Å²) >= 11 is 0. The molecule has 28 heavy (non-hydrogen) atoms. The van der Waals surface area contributed by atoms with E-state index in [0.717, 1.165) is 24.8 Å². The molecule has 4 nitrogen and oxygen atoms in total. The van der Waals surface area contributed by atoms with Crippen molar-refractivity contribution in [2.24, 2.45) is 0 Å². The molecule has 1 fully saturated rings. The third-order valence-corrected chi connectivity index (χ3v) is 5.49. The fourth-order valence-electron chi connectivity index (χ4n) is 3.58. The summed E-state index contributed by atoms with van der Waals surface area (Å²) in [6, 6.07) is 16.1. The molecule has 5 heteroatoms. The number of nitrogens with one attached hydrogen (secondary N) is 1.